The Balaban J connectivity index is 0.00000242. The zero-order chi connectivity index (χ0) is 15.3. The maximum Gasteiger partial charge on any atom is 0.255 e. The standard InChI is InChI=1S/C16H24N2O3.ClH/c1-16(7-9-17-10-8-16)11-18-15(19)12-5-4-6-13(20-2)14(12)21-3;/h4-6,17H,7-11H2,1-3H3,(H,18,19);1H. The Morgan fingerprint density at radius 2 is 1.95 bits per heavy atom. The molecular weight excluding hydrogens is 304 g/mol. The second-order valence-corrected chi connectivity index (χ2v) is 5.78. The van der Waals surface area contributed by atoms with Crippen LogP contribution < -0.4 is 20.1 Å². The summed E-state index contributed by atoms with van der Waals surface area (Å²) in [5.74, 6) is 0.927. The highest BCUT2D eigenvalue weighted by Gasteiger charge is 2.27. The summed E-state index contributed by atoms with van der Waals surface area (Å²) in [6.07, 6.45) is 2.14. The molecule has 0 radical (unpaired) electrons. The number of carbonyl (C=O) groups is 1. The largest absolute Gasteiger partial charge is 0.493 e. The third-order valence-corrected chi connectivity index (χ3v) is 4.13. The lowest BCUT2D eigenvalue weighted by atomic mass is 9.81. The van der Waals surface area contributed by atoms with Gasteiger partial charge in [-0.15, -0.1) is 12.4 Å². The molecule has 0 aliphatic carbocycles. The molecule has 5 nitrogen and oxygen atoms in total. The summed E-state index contributed by atoms with van der Waals surface area (Å²) in [5, 5.41) is 6.38. The molecule has 1 fully saturated rings. The van der Waals surface area contributed by atoms with E-state index in [0.717, 1.165) is 25.9 Å². The van der Waals surface area contributed by atoms with E-state index in [1.807, 2.05) is 0 Å². The van der Waals surface area contributed by atoms with E-state index in [1.54, 1.807) is 32.4 Å². The summed E-state index contributed by atoms with van der Waals surface area (Å²) >= 11 is 0. The minimum Gasteiger partial charge on any atom is -0.493 e. The summed E-state index contributed by atoms with van der Waals surface area (Å²) < 4.78 is 10.5. The molecule has 1 aromatic carbocycles. The number of rotatable bonds is 5. The lowest BCUT2D eigenvalue weighted by molar-refractivity contribution is 0.0918. The molecule has 22 heavy (non-hydrogen) atoms. The number of hydrogen-bond donors (Lipinski definition) is 2. The topological polar surface area (TPSA) is 59.6 Å². The van der Waals surface area contributed by atoms with E-state index in [9.17, 15) is 4.79 Å². The first-order chi connectivity index (χ1) is 10.1. The van der Waals surface area contributed by atoms with Crippen LogP contribution in [0.1, 0.15) is 30.1 Å². The van der Waals surface area contributed by atoms with Crippen molar-refractivity contribution >= 4 is 18.3 Å². The van der Waals surface area contributed by atoms with Gasteiger partial charge in [-0.05, 0) is 43.5 Å². The fourth-order valence-electron chi connectivity index (χ4n) is 2.66. The van der Waals surface area contributed by atoms with Gasteiger partial charge in [0.05, 0.1) is 19.8 Å². The zero-order valence-corrected chi connectivity index (χ0v) is 14.2. The van der Waals surface area contributed by atoms with Crippen molar-refractivity contribution in [1.29, 1.82) is 0 Å². The van der Waals surface area contributed by atoms with Crippen LogP contribution in [-0.2, 0) is 0 Å². The zero-order valence-electron chi connectivity index (χ0n) is 13.4. The van der Waals surface area contributed by atoms with Crippen LogP contribution in [0, 0.1) is 5.41 Å². The Labute approximate surface area is 138 Å². The van der Waals surface area contributed by atoms with E-state index >= 15 is 0 Å². The number of amides is 1. The van der Waals surface area contributed by atoms with Gasteiger partial charge in [0.15, 0.2) is 11.5 Å². The molecule has 0 unspecified atom stereocenters. The summed E-state index contributed by atoms with van der Waals surface area (Å²) in [5.41, 5.74) is 0.668. The number of benzene rings is 1. The first-order valence-electron chi connectivity index (χ1n) is 7.29. The molecule has 124 valence electrons. The van der Waals surface area contributed by atoms with Gasteiger partial charge >= 0.3 is 0 Å². The molecule has 0 saturated carbocycles. The molecular formula is C16H25ClN2O3. The molecule has 2 N–H and O–H groups in total. The molecule has 6 heteroatoms. The number of piperidine rings is 1. The lowest BCUT2D eigenvalue weighted by Crippen LogP contribution is -2.42. The van der Waals surface area contributed by atoms with Crippen LogP contribution in [0.15, 0.2) is 18.2 Å². The molecule has 1 saturated heterocycles. The Morgan fingerprint density at radius 1 is 1.27 bits per heavy atom. The van der Waals surface area contributed by atoms with Gasteiger partial charge in [0.1, 0.15) is 0 Å². The van der Waals surface area contributed by atoms with Crippen molar-refractivity contribution in [2.75, 3.05) is 33.9 Å². The minimum absolute atomic E-state index is 0. The molecule has 1 aromatic rings. The fourth-order valence-corrected chi connectivity index (χ4v) is 2.66. The molecule has 1 aliphatic heterocycles. The van der Waals surface area contributed by atoms with Gasteiger partial charge in [-0.2, -0.15) is 0 Å². The number of methoxy groups -OCH3 is 2. The molecule has 0 atom stereocenters. The second-order valence-electron chi connectivity index (χ2n) is 5.78. The van der Waals surface area contributed by atoms with Crippen LogP contribution in [0.2, 0.25) is 0 Å². The molecule has 1 amide bonds. The van der Waals surface area contributed by atoms with Crippen molar-refractivity contribution in [1.82, 2.24) is 10.6 Å². The van der Waals surface area contributed by atoms with E-state index in [0.29, 0.717) is 23.6 Å². The molecule has 0 aromatic heterocycles. The number of carbonyl (C=O) groups excluding carboxylic acids is 1. The Bertz CT molecular complexity index is 502. The Morgan fingerprint density at radius 3 is 2.55 bits per heavy atom. The lowest BCUT2D eigenvalue weighted by Gasteiger charge is -2.34. The number of ether oxygens (including phenoxy) is 2. The van der Waals surface area contributed by atoms with Gasteiger partial charge < -0.3 is 20.1 Å². The number of hydrogen-bond acceptors (Lipinski definition) is 4. The fraction of sp³-hybridized carbons (Fsp3) is 0.562. The number of para-hydroxylation sites is 1. The average molecular weight is 329 g/mol. The maximum absolute atomic E-state index is 12.4. The van der Waals surface area contributed by atoms with Crippen LogP contribution in [0.4, 0.5) is 0 Å². The van der Waals surface area contributed by atoms with Crippen LogP contribution in [0.25, 0.3) is 0 Å². The van der Waals surface area contributed by atoms with E-state index < -0.39 is 0 Å². The van der Waals surface area contributed by atoms with Crippen molar-refractivity contribution in [2.45, 2.75) is 19.8 Å². The molecule has 2 rings (SSSR count). The minimum atomic E-state index is -0.120. The normalized spacial score (nSPS) is 16.3. The van der Waals surface area contributed by atoms with E-state index in [2.05, 4.69) is 17.6 Å². The Hall–Kier alpha value is -1.46. The van der Waals surface area contributed by atoms with Gasteiger partial charge in [-0.1, -0.05) is 13.0 Å². The summed E-state index contributed by atoms with van der Waals surface area (Å²) in [7, 11) is 3.11. The van der Waals surface area contributed by atoms with E-state index in [-0.39, 0.29) is 23.7 Å². The van der Waals surface area contributed by atoms with E-state index in [1.165, 1.54) is 0 Å². The van der Waals surface area contributed by atoms with Crippen LogP contribution in [-0.4, -0.2) is 39.8 Å². The van der Waals surface area contributed by atoms with Crippen molar-refractivity contribution in [3.8, 4) is 11.5 Å². The van der Waals surface area contributed by atoms with Crippen molar-refractivity contribution in [3.63, 3.8) is 0 Å². The quantitative estimate of drug-likeness (QED) is 0.870. The summed E-state index contributed by atoms with van der Waals surface area (Å²) in [6, 6.07) is 5.33. The molecule has 1 aliphatic rings. The SMILES string of the molecule is COc1cccc(C(=O)NCC2(C)CCNCC2)c1OC.Cl. The van der Waals surface area contributed by atoms with E-state index in [4.69, 9.17) is 9.47 Å². The molecule has 0 bridgehead atoms. The van der Waals surface area contributed by atoms with Gasteiger partial charge in [-0.25, -0.2) is 0 Å². The first-order valence-corrected chi connectivity index (χ1v) is 7.29. The highest BCUT2D eigenvalue weighted by molar-refractivity contribution is 5.97. The predicted octanol–water partition coefficient (Wildman–Crippen LogP) is 2.25. The smallest absolute Gasteiger partial charge is 0.255 e. The van der Waals surface area contributed by atoms with Gasteiger partial charge in [-0.3, -0.25) is 4.79 Å². The van der Waals surface area contributed by atoms with Gasteiger partial charge in [0.2, 0.25) is 0 Å². The predicted molar refractivity (Wildman–Crippen MR) is 89.3 cm³/mol. The first kappa shape index (κ1) is 18.6. The van der Waals surface area contributed by atoms with Crippen molar-refractivity contribution < 1.29 is 14.3 Å². The monoisotopic (exact) mass is 328 g/mol. The third-order valence-electron chi connectivity index (χ3n) is 4.13. The third kappa shape index (κ3) is 4.27. The highest BCUT2D eigenvalue weighted by atomic mass is 35.5. The second kappa shape index (κ2) is 8.25. The highest BCUT2D eigenvalue weighted by Crippen LogP contribution is 2.31. The van der Waals surface area contributed by atoms with Crippen LogP contribution in [0.3, 0.4) is 0 Å². The Kier molecular flexibility index (Phi) is 6.97. The van der Waals surface area contributed by atoms with Gasteiger partial charge in [0.25, 0.3) is 5.91 Å². The average Bonchev–Trinajstić information content (AvgIpc) is 2.52. The van der Waals surface area contributed by atoms with Crippen molar-refractivity contribution in [3.05, 3.63) is 23.8 Å². The van der Waals surface area contributed by atoms with Crippen LogP contribution >= 0.6 is 12.4 Å². The summed E-state index contributed by atoms with van der Waals surface area (Å²) in [4.78, 5) is 12.4. The van der Waals surface area contributed by atoms with Crippen molar-refractivity contribution in [2.24, 2.45) is 5.41 Å². The summed E-state index contributed by atoms with van der Waals surface area (Å²) in [6.45, 7) is 4.91. The number of nitrogens with one attached hydrogen (secondary N) is 2. The molecule has 1 heterocycles. The maximum atomic E-state index is 12.4. The van der Waals surface area contributed by atoms with Crippen LogP contribution in [0.5, 0.6) is 11.5 Å². The van der Waals surface area contributed by atoms with Gasteiger partial charge in [0, 0.05) is 6.54 Å². The number of halogens is 1. The molecule has 0 spiro atoms.